The Balaban J connectivity index is 1.83. The lowest BCUT2D eigenvalue weighted by atomic mass is 9.99. The minimum Gasteiger partial charge on any atom is -0.308 e. The second-order valence-corrected chi connectivity index (χ2v) is 11.0. The van der Waals surface area contributed by atoms with Gasteiger partial charge < -0.3 is 5.32 Å². The summed E-state index contributed by atoms with van der Waals surface area (Å²) in [5, 5.41) is 14.7. The number of carbonyl (C=O) groups excluding carboxylic acids is 1. The van der Waals surface area contributed by atoms with Crippen LogP contribution in [0.3, 0.4) is 0 Å². The predicted octanol–water partition coefficient (Wildman–Crippen LogP) is 1.84. The zero-order chi connectivity index (χ0) is 19.6. The fourth-order valence-electron chi connectivity index (χ4n) is 4.21. The van der Waals surface area contributed by atoms with Gasteiger partial charge in [0.2, 0.25) is 5.91 Å². The van der Waals surface area contributed by atoms with Crippen molar-refractivity contribution in [2.75, 3.05) is 22.6 Å². The average molecular weight is 410 g/mol. The number of hydrogen-bond donors (Lipinski definition) is 2. The predicted molar refractivity (Wildman–Crippen MR) is 105 cm³/mol. The van der Waals surface area contributed by atoms with Gasteiger partial charge in [0.1, 0.15) is 0 Å². The molecule has 0 saturated carbocycles. The van der Waals surface area contributed by atoms with Crippen LogP contribution in [0.4, 0.5) is 5.82 Å². The Bertz CT molecular complexity index is 1040. The fourth-order valence-corrected chi connectivity index (χ4v) is 7.67. The van der Waals surface area contributed by atoms with Crippen LogP contribution in [0, 0.1) is 20.8 Å². The molecule has 2 aliphatic heterocycles. The molecule has 0 spiro atoms. The summed E-state index contributed by atoms with van der Waals surface area (Å²) in [7, 11) is -3.04. The third-order valence-electron chi connectivity index (χ3n) is 5.50. The summed E-state index contributed by atoms with van der Waals surface area (Å²) < 4.78 is 26.0. The highest BCUT2D eigenvalue weighted by molar-refractivity contribution is 8.00. The molecule has 0 unspecified atom stereocenters. The van der Waals surface area contributed by atoms with Crippen molar-refractivity contribution in [2.45, 2.75) is 44.9 Å². The summed E-state index contributed by atoms with van der Waals surface area (Å²) in [5.74, 6) is 1.12. The molecule has 2 aromatic heterocycles. The van der Waals surface area contributed by atoms with Crippen molar-refractivity contribution in [1.82, 2.24) is 20.0 Å². The van der Waals surface area contributed by atoms with Crippen molar-refractivity contribution in [3.63, 3.8) is 0 Å². The van der Waals surface area contributed by atoms with Gasteiger partial charge in [0.15, 0.2) is 15.7 Å². The highest BCUT2D eigenvalue weighted by Crippen LogP contribution is 2.45. The van der Waals surface area contributed by atoms with E-state index in [1.165, 1.54) is 0 Å². The summed E-state index contributed by atoms with van der Waals surface area (Å²) in [6, 6.07) is 0. The maximum Gasteiger partial charge on any atom is 0.235 e. The number of aryl methyl sites for hydroxylation is 2. The molecule has 2 aromatic rings. The number of nitrogens with zero attached hydrogens (tertiary/aromatic N) is 3. The lowest BCUT2D eigenvalue weighted by Crippen LogP contribution is -2.33. The molecule has 0 aliphatic carbocycles. The van der Waals surface area contributed by atoms with E-state index in [1.807, 2.05) is 32.4 Å². The second kappa shape index (κ2) is 6.10. The Morgan fingerprint density at radius 1 is 1.26 bits per heavy atom. The standard InChI is InChI=1S/C17H23N5O3S2/c1-9-14-15(26-7-12(23)18-16(14)20-19-9)13-10(2)21-22(11(13)3)17(4)5-6-27(24,25)8-17/h15H,5-8H2,1-4H3,(H2,18,19,20,23)/t15-,17-/m0/s1. The number of aromatic nitrogens is 4. The molecule has 1 amide bonds. The lowest BCUT2D eigenvalue weighted by Gasteiger charge is -2.25. The van der Waals surface area contributed by atoms with E-state index in [9.17, 15) is 13.2 Å². The van der Waals surface area contributed by atoms with Crippen molar-refractivity contribution in [3.05, 3.63) is 28.2 Å². The first-order valence-corrected chi connectivity index (χ1v) is 11.7. The van der Waals surface area contributed by atoms with Crippen LogP contribution in [0.2, 0.25) is 0 Å². The monoisotopic (exact) mass is 409 g/mol. The van der Waals surface area contributed by atoms with Crippen LogP contribution in [-0.2, 0) is 20.2 Å². The Morgan fingerprint density at radius 2 is 2.00 bits per heavy atom. The minimum absolute atomic E-state index is 0.0770. The number of H-pyrrole nitrogens is 1. The summed E-state index contributed by atoms with van der Waals surface area (Å²) >= 11 is 1.55. The molecule has 2 aliphatic rings. The van der Waals surface area contributed by atoms with Crippen LogP contribution >= 0.6 is 11.8 Å². The molecule has 27 heavy (non-hydrogen) atoms. The van der Waals surface area contributed by atoms with Gasteiger partial charge in [-0.25, -0.2) is 8.42 Å². The first kappa shape index (κ1) is 18.5. The summed E-state index contributed by atoms with van der Waals surface area (Å²) in [6.07, 6.45) is 0.560. The molecule has 10 heteroatoms. The van der Waals surface area contributed by atoms with E-state index in [0.717, 1.165) is 28.2 Å². The third kappa shape index (κ3) is 2.98. The van der Waals surface area contributed by atoms with Crippen LogP contribution in [0.5, 0.6) is 0 Å². The third-order valence-corrected chi connectivity index (χ3v) is 8.62. The number of carbonyl (C=O) groups is 1. The Hall–Kier alpha value is -1.81. The van der Waals surface area contributed by atoms with E-state index >= 15 is 0 Å². The maximum absolute atomic E-state index is 12.1. The second-order valence-electron chi connectivity index (χ2n) is 7.69. The van der Waals surface area contributed by atoms with Gasteiger partial charge in [-0.05, 0) is 34.1 Å². The van der Waals surface area contributed by atoms with E-state index in [1.54, 1.807) is 11.8 Å². The van der Waals surface area contributed by atoms with Crippen molar-refractivity contribution in [3.8, 4) is 0 Å². The molecule has 2 N–H and O–H groups in total. The van der Waals surface area contributed by atoms with E-state index in [0.29, 0.717) is 18.0 Å². The van der Waals surface area contributed by atoms with Gasteiger partial charge in [-0.3, -0.25) is 14.6 Å². The Morgan fingerprint density at radius 3 is 2.67 bits per heavy atom. The van der Waals surface area contributed by atoms with E-state index < -0.39 is 15.4 Å². The van der Waals surface area contributed by atoms with Gasteiger partial charge in [-0.2, -0.15) is 10.2 Å². The molecule has 4 rings (SSSR count). The van der Waals surface area contributed by atoms with Crippen molar-refractivity contribution in [2.24, 2.45) is 0 Å². The molecule has 0 radical (unpaired) electrons. The first-order valence-electron chi connectivity index (χ1n) is 8.85. The largest absolute Gasteiger partial charge is 0.308 e. The molecule has 8 nitrogen and oxygen atoms in total. The van der Waals surface area contributed by atoms with E-state index in [2.05, 4.69) is 15.5 Å². The van der Waals surface area contributed by atoms with Gasteiger partial charge in [-0.1, -0.05) is 0 Å². The fraction of sp³-hybridized carbons (Fsp3) is 0.588. The normalized spacial score (nSPS) is 27.3. The highest BCUT2D eigenvalue weighted by atomic mass is 32.2. The van der Waals surface area contributed by atoms with Gasteiger partial charge in [0, 0.05) is 22.5 Å². The van der Waals surface area contributed by atoms with Crippen LogP contribution < -0.4 is 5.32 Å². The molecule has 146 valence electrons. The average Bonchev–Trinajstić information content (AvgIpc) is 3.13. The van der Waals surface area contributed by atoms with E-state index in [4.69, 9.17) is 5.10 Å². The number of fused-ring (bicyclic) bond motifs is 1. The number of aromatic amines is 1. The van der Waals surface area contributed by atoms with E-state index in [-0.39, 0.29) is 22.7 Å². The molecule has 0 aromatic carbocycles. The molecule has 1 saturated heterocycles. The smallest absolute Gasteiger partial charge is 0.235 e. The molecule has 4 heterocycles. The molecule has 0 bridgehead atoms. The van der Waals surface area contributed by atoms with Gasteiger partial charge in [0.25, 0.3) is 0 Å². The van der Waals surface area contributed by atoms with Crippen LogP contribution in [0.1, 0.15) is 46.8 Å². The van der Waals surface area contributed by atoms with Crippen molar-refractivity contribution in [1.29, 1.82) is 0 Å². The maximum atomic E-state index is 12.1. The number of nitrogens with one attached hydrogen (secondary N) is 2. The Kier molecular flexibility index (Phi) is 4.19. The first-order chi connectivity index (χ1) is 12.6. The molecular weight excluding hydrogens is 386 g/mol. The number of hydrogen-bond acceptors (Lipinski definition) is 6. The molecule has 2 atom stereocenters. The van der Waals surface area contributed by atoms with Crippen LogP contribution in [-0.4, -0.2) is 51.6 Å². The highest BCUT2D eigenvalue weighted by Gasteiger charge is 2.43. The Labute approximate surface area is 162 Å². The minimum atomic E-state index is -3.04. The summed E-state index contributed by atoms with van der Waals surface area (Å²) in [4.78, 5) is 12.1. The quantitative estimate of drug-likeness (QED) is 0.783. The van der Waals surface area contributed by atoms with Gasteiger partial charge in [0.05, 0.1) is 33.7 Å². The molecular formula is C17H23N5O3S2. The van der Waals surface area contributed by atoms with Crippen molar-refractivity contribution >= 4 is 33.3 Å². The summed E-state index contributed by atoms with van der Waals surface area (Å²) in [5.41, 5.74) is 4.17. The number of sulfone groups is 1. The number of amides is 1. The number of rotatable bonds is 2. The SMILES string of the molecule is Cc1nn([C@@]2(C)CCS(=O)(=O)C2)c(C)c1[C@@H]1SCC(=O)Nc2n[nH]c(C)c21. The zero-order valence-corrected chi connectivity index (χ0v) is 17.4. The van der Waals surface area contributed by atoms with Gasteiger partial charge in [-0.15, -0.1) is 11.8 Å². The van der Waals surface area contributed by atoms with Crippen molar-refractivity contribution < 1.29 is 13.2 Å². The topological polar surface area (TPSA) is 110 Å². The number of anilines is 1. The summed E-state index contributed by atoms with van der Waals surface area (Å²) in [6.45, 7) is 7.83. The van der Waals surface area contributed by atoms with Crippen LogP contribution in [0.25, 0.3) is 0 Å². The van der Waals surface area contributed by atoms with Crippen LogP contribution in [0.15, 0.2) is 0 Å². The zero-order valence-electron chi connectivity index (χ0n) is 15.8. The molecule has 1 fully saturated rings. The number of thioether (sulfide) groups is 1. The lowest BCUT2D eigenvalue weighted by molar-refractivity contribution is -0.113. The van der Waals surface area contributed by atoms with Gasteiger partial charge >= 0.3 is 0 Å².